The van der Waals surface area contributed by atoms with Crippen molar-refractivity contribution in [1.29, 1.82) is 0 Å². The van der Waals surface area contributed by atoms with Gasteiger partial charge in [-0.25, -0.2) is 5.01 Å². The van der Waals surface area contributed by atoms with Gasteiger partial charge in [-0.05, 0) is 54.8 Å². The highest BCUT2D eigenvalue weighted by Crippen LogP contribution is 2.37. The van der Waals surface area contributed by atoms with E-state index in [1.54, 1.807) is 36.3 Å². The molecule has 1 fully saturated rings. The monoisotopic (exact) mass is 588 g/mol. The summed E-state index contributed by atoms with van der Waals surface area (Å²) in [6.45, 7) is 7.89. The largest absolute Gasteiger partial charge is 0.496 e. The second-order valence-corrected chi connectivity index (χ2v) is 11.1. The molecule has 0 aliphatic carbocycles. The Hall–Kier alpha value is -3.72. The lowest BCUT2D eigenvalue weighted by atomic mass is 9.96. The lowest BCUT2D eigenvalue weighted by Gasteiger charge is -2.31. The minimum absolute atomic E-state index is 0.135. The summed E-state index contributed by atoms with van der Waals surface area (Å²) in [4.78, 5) is 31.7. The Balaban J connectivity index is 1.46. The van der Waals surface area contributed by atoms with Crippen molar-refractivity contribution in [3.8, 4) is 5.75 Å². The summed E-state index contributed by atoms with van der Waals surface area (Å²) < 4.78 is 11.2. The van der Waals surface area contributed by atoms with Crippen molar-refractivity contribution in [2.45, 2.75) is 26.3 Å². The summed E-state index contributed by atoms with van der Waals surface area (Å²) in [5.74, 6) is 0.133. The molecule has 2 aliphatic rings. The average Bonchev–Trinajstić information content (AvgIpc) is 3.46. The van der Waals surface area contributed by atoms with E-state index in [4.69, 9.17) is 26.2 Å². The third-order valence-electron chi connectivity index (χ3n) is 8.01. The van der Waals surface area contributed by atoms with Crippen LogP contribution in [0.4, 0.5) is 0 Å². The quantitative estimate of drug-likeness (QED) is 0.347. The molecule has 0 spiro atoms. The average molecular weight is 589 g/mol. The zero-order chi connectivity index (χ0) is 29.6. The maximum Gasteiger partial charge on any atom is 0.262 e. The number of para-hydroxylation sites is 1. The number of hydrogen-bond donors (Lipinski definition) is 0. The summed E-state index contributed by atoms with van der Waals surface area (Å²) in [5, 5.41) is 6.76. The molecule has 2 aliphatic heterocycles. The van der Waals surface area contributed by atoms with Crippen LogP contribution in [0.1, 0.15) is 45.1 Å². The number of methoxy groups -OCH3 is 1. The predicted octanol–water partition coefficient (Wildman–Crippen LogP) is 5.12. The zero-order valence-corrected chi connectivity index (χ0v) is 25.1. The number of nitrogens with zero attached hydrogens (tertiary/aromatic N) is 4. The lowest BCUT2D eigenvalue weighted by Crippen LogP contribution is -2.46. The molecule has 5 rings (SSSR count). The summed E-state index contributed by atoms with van der Waals surface area (Å²) in [6.07, 6.45) is 0.529. The summed E-state index contributed by atoms with van der Waals surface area (Å²) in [5.41, 5.74) is 5.39. The fraction of sp³-hybridized carbons (Fsp3) is 0.364. The van der Waals surface area contributed by atoms with Crippen molar-refractivity contribution >= 4 is 29.1 Å². The number of carbonyl (C=O) groups is 2. The molecule has 2 amide bonds. The van der Waals surface area contributed by atoms with Gasteiger partial charge in [0.05, 0.1) is 42.7 Å². The van der Waals surface area contributed by atoms with Gasteiger partial charge in [0.25, 0.3) is 11.8 Å². The molecule has 42 heavy (non-hydrogen) atoms. The molecule has 8 nitrogen and oxygen atoms in total. The van der Waals surface area contributed by atoms with E-state index in [0.29, 0.717) is 49.1 Å². The van der Waals surface area contributed by atoms with Crippen LogP contribution in [0, 0.1) is 13.8 Å². The summed E-state index contributed by atoms with van der Waals surface area (Å²) >= 11 is 6.42. The van der Waals surface area contributed by atoms with Crippen molar-refractivity contribution in [3.05, 3.63) is 99.6 Å². The number of amides is 2. The van der Waals surface area contributed by atoms with Crippen molar-refractivity contribution in [1.82, 2.24) is 14.8 Å². The van der Waals surface area contributed by atoms with E-state index in [0.717, 1.165) is 35.5 Å². The van der Waals surface area contributed by atoms with Crippen LogP contribution < -0.4 is 4.74 Å². The molecule has 0 aromatic heterocycles. The van der Waals surface area contributed by atoms with Crippen molar-refractivity contribution in [2.75, 3.05) is 53.0 Å². The number of benzene rings is 3. The smallest absolute Gasteiger partial charge is 0.262 e. The van der Waals surface area contributed by atoms with Crippen molar-refractivity contribution in [2.24, 2.45) is 5.10 Å². The van der Waals surface area contributed by atoms with Gasteiger partial charge in [0, 0.05) is 38.2 Å². The highest BCUT2D eigenvalue weighted by atomic mass is 35.5. The summed E-state index contributed by atoms with van der Waals surface area (Å²) in [7, 11) is 1.63. The third-order valence-corrected chi connectivity index (χ3v) is 8.34. The van der Waals surface area contributed by atoms with Crippen molar-refractivity contribution in [3.63, 3.8) is 0 Å². The van der Waals surface area contributed by atoms with Crippen LogP contribution in [0.2, 0.25) is 5.02 Å². The van der Waals surface area contributed by atoms with E-state index < -0.39 is 0 Å². The van der Waals surface area contributed by atoms with Gasteiger partial charge in [-0.15, -0.1) is 0 Å². The highest BCUT2D eigenvalue weighted by Gasteiger charge is 2.36. The Labute approximate surface area is 252 Å². The molecule has 3 aromatic carbocycles. The normalized spacial score (nSPS) is 17.2. The second-order valence-electron chi connectivity index (χ2n) is 10.7. The number of morpholine rings is 1. The minimum Gasteiger partial charge on any atom is -0.496 e. The van der Waals surface area contributed by atoms with E-state index in [2.05, 4.69) is 30.9 Å². The molecule has 220 valence electrons. The first-order valence-corrected chi connectivity index (χ1v) is 14.7. The number of halogens is 1. The van der Waals surface area contributed by atoms with Gasteiger partial charge < -0.3 is 14.4 Å². The molecule has 2 heterocycles. The lowest BCUT2D eigenvalue weighted by molar-refractivity contribution is -0.133. The summed E-state index contributed by atoms with van der Waals surface area (Å²) in [6, 6.07) is 20.5. The molecule has 0 radical (unpaired) electrons. The Morgan fingerprint density at radius 3 is 2.50 bits per heavy atom. The van der Waals surface area contributed by atoms with Gasteiger partial charge in [-0.2, -0.15) is 5.10 Å². The topological polar surface area (TPSA) is 74.7 Å². The van der Waals surface area contributed by atoms with Crippen LogP contribution in [0.15, 0.2) is 71.8 Å². The molecular formula is C33H37ClN4O4. The molecule has 1 atom stereocenters. The number of hydrogen-bond acceptors (Lipinski definition) is 6. The number of hydrazone groups is 1. The van der Waals surface area contributed by atoms with Gasteiger partial charge in [-0.1, -0.05) is 54.1 Å². The number of ether oxygens (including phenoxy) is 2. The van der Waals surface area contributed by atoms with E-state index in [-0.39, 0.29) is 24.4 Å². The van der Waals surface area contributed by atoms with Crippen LogP contribution in [-0.4, -0.2) is 85.4 Å². The zero-order valence-electron chi connectivity index (χ0n) is 24.4. The predicted molar refractivity (Wildman–Crippen MR) is 164 cm³/mol. The van der Waals surface area contributed by atoms with E-state index in [1.165, 1.54) is 10.6 Å². The van der Waals surface area contributed by atoms with E-state index in [1.807, 2.05) is 30.3 Å². The number of aryl methyl sites for hydroxylation is 2. The van der Waals surface area contributed by atoms with E-state index >= 15 is 0 Å². The molecule has 0 saturated carbocycles. The van der Waals surface area contributed by atoms with Crippen LogP contribution in [-0.2, 0) is 9.53 Å². The molecule has 0 N–H and O–H groups in total. The van der Waals surface area contributed by atoms with Gasteiger partial charge in [0.2, 0.25) is 0 Å². The molecule has 3 aromatic rings. The SMILES string of the molecule is COc1ccccc1[C@@H]1CC(c2ccc(C)c(C)c2)=NN1C(=O)CN(CCN1CCOCC1)C(=O)c1ccccc1Cl. The Bertz CT molecular complexity index is 1470. The molecule has 1 saturated heterocycles. The Kier molecular flexibility index (Phi) is 9.57. The highest BCUT2D eigenvalue weighted by molar-refractivity contribution is 6.33. The Morgan fingerprint density at radius 2 is 1.76 bits per heavy atom. The van der Waals surface area contributed by atoms with Crippen LogP contribution in [0.3, 0.4) is 0 Å². The first-order valence-electron chi connectivity index (χ1n) is 14.3. The molecule has 0 bridgehead atoms. The van der Waals surface area contributed by atoms with Gasteiger partial charge >= 0.3 is 0 Å². The van der Waals surface area contributed by atoms with Crippen molar-refractivity contribution < 1.29 is 19.1 Å². The first-order chi connectivity index (χ1) is 20.4. The first kappa shape index (κ1) is 29.8. The van der Waals surface area contributed by atoms with Crippen LogP contribution in [0.25, 0.3) is 0 Å². The fourth-order valence-electron chi connectivity index (χ4n) is 5.40. The molecule has 0 unspecified atom stereocenters. The third kappa shape index (κ3) is 6.67. The van der Waals surface area contributed by atoms with Crippen LogP contribution in [0.5, 0.6) is 5.75 Å². The maximum absolute atomic E-state index is 14.1. The second kappa shape index (κ2) is 13.5. The van der Waals surface area contributed by atoms with Gasteiger partial charge in [0.1, 0.15) is 12.3 Å². The standard InChI is InChI=1S/C33H37ClN4O4/c1-23-12-13-25(20-24(23)2)29-21-30(27-9-5-7-11-31(27)41-3)38(35-29)32(39)22-37(15-14-36-16-18-42-19-17-36)33(40)26-8-4-6-10-28(26)34/h4-13,20,30H,14-19,21-22H2,1-3H3/t30-/m0/s1. The van der Waals surface area contributed by atoms with Gasteiger partial charge in [-0.3, -0.25) is 14.5 Å². The minimum atomic E-state index is -0.373. The van der Waals surface area contributed by atoms with E-state index in [9.17, 15) is 9.59 Å². The molecular weight excluding hydrogens is 552 g/mol. The maximum atomic E-state index is 14.1. The molecule has 9 heteroatoms. The van der Waals surface area contributed by atoms with Crippen LogP contribution >= 0.6 is 11.6 Å². The fourth-order valence-corrected chi connectivity index (χ4v) is 5.62. The van der Waals surface area contributed by atoms with Gasteiger partial charge in [0.15, 0.2) is 0 Å². The Morgan fingerprint density at radius 1 is 1.02 bits per heavy atom. The number of rotatable bonds is 9. The number of carbonyl (C=O) groups excluding carboxylic acids is 2.